The highest BCUT2D eigenvalue weighted by molar-refractivity contribution is 5.76. The Hall–Kier alpha value is -2.08. The lowest BCUT2D eigenvalue weighted by Gasteiger charge is -2.30. The molecule has 0 saturated heterocycles. The average Bonchev–Trinajstić information content (AvgIpc) is 2.68. The van der Waals surface area contributed by atoms with Crippen molar-refractivity contribution in [2.24, 2.45) is 0 Å². The first-order valence-corrected chi connectivity index (χ1v) is 9.60. The number of carbonyl (C=O) groups excluding carboxylic acids is 2. The van der Waals surface area contributed by atoms with Crippen LogP contribution in [-0.4, -0.2) is 55.8 Å². The van der Waals surface area contributed by atoms with Crippen LogP contribution in [-0.2, 0) is 25.5 Å². The average molecular weight is 379 g/mol. The highest BCUT2D eigenvalue weighted by atomic mass is 16.6. The minimum absolute atomic E-state index is 0.0281. The summed E-state index contributed by atoms with van der Waals surface area (Å²) >= 11 is 0. The van der Waals surface area contributed by atoms with Crippen LogP contribution in [0.2, 0.25) is 0 Å². The SMILES string of the molecule is CCC(=O)OC(COc1ccc(CCOC)cc1)CN(C(=O)CC)C(C)C. The molecule has 0 fully saturated rings. The zero-order valence-electron chi connectivity index (χ0n) is 17.2. The third kappa shape index (κ3) is 8.43. The summed E-state index contributed by atoms with van der Waals surface area (Å²) in [5.41, 5.74) is 1.16. The summed E-state index contributed by atoms with van der Waals surface area (Å²) in [7, 11) is 1.68. The first kappa shape index (κ1) is 23.0. The van der Waals surface area contributed by atoms with Crippen molar-refractivity contribution < 1.29 is 23.8 Å². The lowest BCUT2D eigenvalue weighted by molar-refractivity contribution is -0.154. The molecule has 0 aromatic heterocycles. The Bertz CT molecular complexity index is 570. The van der Waals surface area contributed by atoms with E-state index in [0.717, 1.165) is 12.0 Å². The molecule has 0 spiro atoms. The highest BCUT2D eigenvalue weighted by Crippen LogP contribution is 2.14. The molecule has 1 aromatic carbocycles. The molecule has 6 heteroatoms. The molecule has 1 aromatic rings. The first-order chi connectivity index (χ1) is 12.9. The number of methoxy groups -OCH3 is 1. The molecule has 0 saturated carbocycles. The topological polar surface area (TPSA) is 65.1 Å². The quantitative estimate of drug-likeness (QED) is 0.522. The van der Waals surface area contributed by atoms with Crippen LogP contribution in [0.25, 0.3) is 0 Å². The van der Waals surface area contributed by atoms with Gasteiger partial charge < -0.3 is 19.1 Å². The van der Waals surface area contributed by atoms with Gasteiger partial charge in [0.1, 0.15) is 12.4 Å². The van der Waals surface area contributed by atoms with Gasteiger partial charge in [0.25, 0.3) is 0 Å². The monoisotopic (exact) mass is 379 g/mol. The zero-order valence-corrected chi connectivity index (χ0v) is 17.2. The Morgan fingerprint density at radius 3 is 2.26 bits per heavy atom. The number of rotatable bonds is 12. The van der Waals surface area contributed by atoms with Crippen LogP contribution in [0.1, 0.15) is 46.1 Å². The van der Waals surface area contributed by atoms with Crippen LogP contribution in [0.4, 0.5) is 0 Å². The minimum Gasteiger partial charge on any atom is -0.490 e. The maximum absolute atomic E-state index is 12.2. The summed E-state index contributed by atoms with van der Waals surface area (Å²) in [5, 5.41) is 0. The largest absolute Gasteiger partial charge is 0.490 e. The molecule has 27 heavy (non-hydrogen) atoms. The van der Waals surface area contributed by atoms with Crippen molar-refractivity contribution in [1.82, 2.24) is 4.90 Å². The molecule has 6 nitrogen and oxygen atoms in total. The summed E-state index contributed by atoms with van der Waals surface area (Å²) in [4.78, 5) is 25.7. The summed E-state index contributed by atoms with van der Waals surface area (Å²) < 4.78 is 16.4. The van der Waals surface area contributed by atoms with Gasteiger partial charge in [-0.2, -0.15) is 0 Å². The molecule has 0 bridgehead atoms. The summed E-state index contributed by atoms with van der Waals surface area (Å²) in [6.07, 6.45) is 1.03. The van der Waals surface area contributed by atoms with Gasteiger partial charge in [-0.25, -0.2) is 0 Å². The van der Waals surface area contributed by atoms with Crippen LogP contribution in [0.5, 0.6) is 5.75 Å². The van der Waals surface area contributed by atoms with E-state index in [-0.39, 0.29) is 30.9 Å². The third-order valence-electron chi connectivity index (χ3n) is 4.19. The van der Waals surface area contributed by atoms with Crippen molar-refractivity contribution in [1.29, 1.82) is 0 Å². The van der Waals surface area contributed by atoms with Crippen molar-refractivity contribution >= 4 is 11.9 Å². The summed E-state index contributed by atoms with van der Waals surface area (Å²) in [6.45, 7) is 8.66. The molecule has 1 amide bonds. The molecule has 1 rings (SSSR count). The van der Waals surface area contributed by atoms with Gasteiger partial charge in [-0.05, 0) is 38.0 Å². The van der Waals surface area contributed by atoms with Crippen molar-refractivity contribution in [3.05, 3.63) is 29.8 Å². The molecule has 0 aliphatic rings. The van der Waals surface area contributed by atoms with Crippen LogP contribution >= 0.6 is 0 Å². The molecule has 1 unspecified atom stereocenters. The number of benzene rings is 1. The van der Waals surface area contributed by atoms with Crippen molar-refractivity contribution in [3.8, 4) is 5.75 Å². The van der Waals surface area contributed by atoms with Crippen LogP contribution in [0.3, 0.4) is 0 Å². The molecule has 0 N–H and O–H groups in total. The second kappa shape index (κ2) is 12.3. The number of carbonyl (C=O) groups is 2. The number of nitrogens with zero attached hydrogens (tertiary/aromatic N) is 1. The second-order valence-corrected chi connectivity index (χ2v) is 6.66. The highest BCUT2D eigenvalue weighted by Gasteiger charge is 2.23. The molecule has 0 aliphatic carbocycles. The number of hydrogen-bond donors (Lipinski definition) is 0. The van der Waals surface area contributed by atoms with E-state index in [9.17, 15) is 9.59 Å². The van der Waals surface area contributed by atoms with E-state index >= 15 is 0 Å². The molecule has 0 radical (unpaired) electrons. The van der Waals surface area contributed by atoms with E-state index in [4.69, 9.17) is 14.2 Å². The molecular formula is C21H33NO5. The van der Waals surface area contributed by atoms with Gasteiger partial charge in [0.15, 0.2) is 6.10 Å². The number of ether oxygens (including phenoxy) is 3. The van der Waals surface area contributed by atoms with E-state index in [1.165, 1.54) is 0 Å². The Kier molecular flexibility index (Phi) is 10.5. The predicted molar refractivity (Wildman–Crippen MR) is 105 cm³/mol. The van der Waals surface area contributed by atoms with E-state index in [1.807, 2.05) is 45.0 Å². The molecular weight excluding hydrogens is 346 g/mol. The van der Waals surface area contributed by atoms with Gasteiger partial charge in [-0.1, -0.05) is 26.0 Å². The smallest absolute Gasteiger partial charge is 0.305 e. The number of esters is 1. The van der Waals surface area contributed by atoms with Gasteiger partial charge >= 0.3 is 5.97 Å². The third-order valence-corrected chi connectivity index (χ3v) is 4.19. The van der Waals surface area contributed by atoms with E-state index in [2.05, 4.69) is 0 Å². The maximum Gasteiger partial charge on any atom is 0.305 e. The van der Waals surface area contributed by atoms with Crippen LogP contribution < -0.4 is 4.74 Å². The lowest BCUT2D eigenvalue weighted by atomic mass is 10.1. The van der Waals surface area contributed by atoms with E-state index in [0.29, 0.717) is 25.3 Å². The zero-order chi connectivity index (χ0) is 20.2. The molecule has 0 aliphatic heterocycles. The number of hydrogen-bond acceptors (Lipinski definition) is 5. The summed E-state index contributed by atoms with van der Waals surface area (Å²) in [6, 6.07) is 7.79. The van der Waals surface area contributed by atoms with Crippen molar-refractivity contribution in [3.63, 3.8) is 0 Å². The molecule has 1 atom stereocenters. The van der Waals surface area contributed by atoms with Crippen LogP contribution in [0.15, 0.2) is 24.3 Å². The summed E-state index contributed by atoms with van der Waals surface area (Å²) in [5.74, 6) is 0.433. The predicted octanol–water partition coefficient (Wildman–Crippen LogP) is 3.22. The van der Waals surface area contributed by atoms with Crippen molar-refractivity contribution in [2.45, 2.75) is 59.1 Å². The Balaban J connectivity index is 2.73. The normalized spacial score (nSPS) is 11.9. The molecule has 152 valence electrons. The second-order valence-electron chi connectivity index (χ2n) is 6.66. The van der Waals surface area contributed by atoms with Crippen LogP contribution in [0, 0.1) is 0 Å². The van der Waals surface area contributed by atoms with Crippen molar-refractivity contribution in [2.75, 3.05) is 26.9 Å². The van der Waals surface area contributed by atoms with Gasteiger partial charge in [0.05, 0.1) is 13.2 Å². The fraction of sp³-hybridized carbons (Fsp3) is 0.619. The Morgan fingerprint density at radius 1 is 1.07 bits per heavy atom. The number of amides is 1. The minimum atomic E-state index is -0.511. The Labute approximate surface area is 162 Å². The first-order valence-electron chi connectivity index (χ1n) is 9.60. The maximum atomic E-state index is 12.2. The lowest BCUT2D eigenvalue weighted by Crippen LogP contribution is -2.45. The fourth-order valence-electron chi connectivity index (χ4n) is 2.58. The van der Waals surface area contributed by atoms with Gasteiger partial charge in [0, 0.05) is 26.0 Å². The van der Waals surface area contributed by atoms with E-state index < -0.39 is 6.10 Å². The van der Waals surface area contributed by atoms with Gasteiger partial charge in [-0.3, -0.25) is 9.59 Å². The van der Waals surface area contributed by atoms with Gasteiger partial charge in [-0.15, -0.1) is 0 Å². The van der Waals surface area contributed by atoms with E-state index in [1.54, 1.807) is 18.9 Å². The standard InChI is InChI=1S/C21H33NO5/c1-6-20(23)22(16(3)4)14-19(27-21(24)7-2)15-26-18-10-8-17(9-11-18)12-13-25-5/h8-11,16,19H,6-7,12-15H2,1-5H3. The van der Waals surface area contributed by atoms with Gasteiger partial charge in [0.2, 0.25) is 5.91 Å². The molecule has 0 heterocycles. The fourth-order valence-corrected chi connectivity index (χ4v) is 2.58. The Morgan fingerprint density at radius 2 is 1.74 bits per heavy atom.